The maximum absolute atomic E-state index is 13.4. The van der Waals surface area contributed by atoms with Crippen LogP contribution in [0.2, 0.25) is 0 Å². The predicted octanol–water partition coefficient (Wildman–Crippen LogP) is 4.22. The van der Waals surface area contributed by atoms with E-state index in [1.807, 2.05) is 0 Å². The van der Waals surface area contributed by atoms with Gasteiger partial charge in [0.2, 0.25) is 0 Å². The quantitative estimate of drug-likeness (QED) is 0.848. The molecule has 0 radical (unpaired) electrons. The molecule has 0 saturated heterocycles. The molecule has 110 valence electrons. The van der Waals surface area contributed by atoms with E-state index >= 15 is 0 Å². The van der Waals surface area contributed by atoms with Crippen molar-refractivity contribution < 1.29 is 19.1 Å². The number of carbonyl (C=O) groups is 2. The molecule has 7 heteroatoms. The number of carboxylic acid groups (broad SMARTS) is 1. The summed E-state index contributed by atoms with van der Waals surface area (Å²) in [5, 5.41) is 12.0. The van der Waals surface area contributed by atoms with Crippen LogP contribution >= 0.6 is 27.3 Å². The molecule has 0 saturated carbocycles. The highest BCUT2D eigenvalue weighted by Crippen LogP contribution is 2.32. The summed E-state index contributed by atoms with van der Waals surface area (Å²) in [6, 6.07) is 3.97. The minimum absolute atomic E-state index is 0.0726. The van der Waals surface area contributed by atoms with Gasteiger partial charge in [-0.2, -0.15) is 0 Å². The lowest BCUT2D eigenvalue weighted by Crippen LogP contribution is -2.13. The lowest BCUT2D eigenvalue weighted by Gasteiger charge is -2.05. The second-order valence-corrected chi connectivity index (χ2v) is 6.45. The van der Waals surface area contributed by atoms with E-state index in [0.29, 0.717) is 5.56 Å². The van der Waals surface area contributed by atoms with E-state index in [1.165, 1.54) is 23.5 Å². The molecule has 0 atom stereocenters. The molecule has 0 bridgehead atoms. The number of halogens is 2. The van der Waals surface area contributed by atoms with Crippen LogP contribution in [0.5, 0.6) is 0 Å². The van der Waals surface area contributed by atoms with Crippen molar-refractivity contribution in [1.82, 2.24) is 0 Å². The van der Waals surface area contributed by atoms with E-state index in [1.54, 1.807) is 13.8 Å². The molecule has 1 heterocycles. The van der Waals surface area contributed by atoms with Crippen LogP contribution in [-0.4, -0.2) is 17.0 Å². The largest absolute Gasteiger partial charge is 0.478 e. The van der Waals surface area contributed by atoms with E-state index in [4.69, 9.17) is 0 Å². The summed E-state index contributed by atoms with van der Waals surface area (Å²) in [4.78, 5) is 24.2. The molecule has 1 amide bonds. The van der Waals surface area contributed by atoms with Crippen molar-refractivity contribution >= 4 is 44.1 Å². The molecule has 0 spiro atoms. The van der Waals surface area contributed by atoms with Crippen LogP contribution in [0.4, 0.5) is 9.39 Å². The number of rotatable bonds is 3. The summed E-state index contributed by atoms with van der Waals surface area (Å²) in [7, 11) is 0. The van der Waals surface area contributed by atoms with E-state index in [-0.39, 0.29) is 20.6 Å². The van der Waals surface area contributed by atoms with Gasteiger partial charge < -0.3 is 10.4 Å². The van der Waals surface area contributed by atoms with Gasteiger partial charge in [0, 0.05) is 10.4 Å². The highest BCUT2D eigenvalue weighted by Gasteiger charge is 2.21. The van der Waals surface area contributed by atoms with Gasteiger partial charge in [0.15, 0.2) is 0 Å². The number of aromatic carboxylic acids is 1. The van der Waals surface area contributed by atoms with Gasteiger partial charge in [0.05, 0.1) is 10.0 Å². The monoisotopic (exact) mass is 371 g/mol. The summed E-state index contributed by atoms with van der Waals surface area (Å²) < 4.78 is 13.7. The Morgan fingerprint density at radius 1 is 1.33 bits per heavy atom. The van der Waals surface area contributed by atoms with E-state index < -0.39 is 17.7 Å². The average Bonchev–Trinajstić information content (AvgIpc) is 2.68. The van der Waals surface area contributed by atoms with Crippen LogP contribution in [0.25, 0.3) is 0 Å². The molecule has 4 nitrogen and oxygen atoms in total. The number of amides is 1. The number of benzene rings is 1. The summed E-state index contributed by atoms with van der Waals surface area (Å²) in [6.45, 7) is 3.46. The lowest BCUT2D eigenvalue weighted by molar-refractivity contribution is 0.0697. The lowest BCUT2D eigenvalue weighted by atomic mass is 10.1. The van der Waals surface area contributed by atoms with Gasteiger partial charge in [-0.1, -0.05) is 0 Å². The smallest absolute Gasteiger partial charge is 0.338 e. The van der Waals surface area contributed by atoms with Crippen molar-refractivity contribution in [1.29, 1.82) is 0 Å². The number of hydrogen-bond acceptors (Lipinski definition) is 3. The maximum atomic E-state index is 13.4. The minimum Gasteiger partial charge on any atom is -0.478 e. The van der Waals surface area contributed by atoms with Gasteiger partial charge >= 0.3 is 5.97 Å². The molecule has 0 aliphatic carbocycles. The van der Waals surface area contributed by atoms with E-state index in [9.17, 15) is 19.1 Å². The summed E-state index contributed by atoms with van der Waals surface area (Å²) in [5.74, 6) is -2.21. The van der Waals surface area contributed by atoms with Crippen molar-refractivity contribution in [2.75, 3.05) is 5.32 Å². The standard InChI is InChI=1S/C14H11BrFNO3S/c1-6-7(2)21-13(11(6)14(19)20)17-12(18)8-3-4-9(15)10(16)5-8/h3-5H,1-2H3,(H,17,18)(H,19,20). The molecule has 1 aromatic carbocycles. The first-order valence-corrected chi connectivity index (χ1v) is 7.52. The third kappa shape index (κ3) is 3.14. The van der Waals surface area contributed by atoms with Crippen LogP contribution in [-0.2, 0) is 0 Å². The molecule has 2 rings (SSSR count). The molecule has 0 aliphatic heterocycles. The number of hydrogen-bond donors (Lipinski definition) is 2. The van der Waals surface area contributed by atoms with Crippen molar-refractivity contribution in [3.05, 3.63) is 50.1 Å². The van der Waals surface area contributed by atoms with Gasteiger partial charge in [0.25, 0.3) is 5.91 Å². The second kappa shape index (κ2) is 5.95. The molecular formula is C14H11BrFNO3S. The van der Waals surface area contributed by atoms with Gasteiger partial charge in [-0.3, -0.25) is 4.79 Å². The first-order chi connectivity index (χ1) is 9.81. The fourth-order valence-corrected chi connectivity index (χ4v) is 3.08. The fourth-order valence-electron chi connectivity index (χ4n) is 1.79. The number of carbonyl (C=O) groups excluding carboxylic acids is 1. The fraction of sp³-hybridized carbons (Fsp3) is 0.143. The number of nitrogens with one attached hydrogen (secondary N) is 1. The first-order valence-electron chi connectivity index (χ1n) is 5.91. The molecule has 2 N–H and O–H groups in total. The first kappa shape index (κ1) is 15.7. The SMILES string of the molecule is Cc1sc(NC(=O)c2ccc(Br)c(F)c2)c(C(=O)O)c1C. The molecule has 0 aliphatic rings. The third-order valence-corrected chi connectivity index (χ3v) is 4.77. The van der Waals surface area contributed by atoms with Crippen molar-refractivity contribution in [2.45, 2.75) is 13.8 Å². The highest BCUT2D eigenvalue weighted by atomic mass is 79.9. The Labute approximate surface area is 132 Å². The molecule has 21 heavy (non-hydrogen) atoms. The predicted molar refractivity (Wildman–Crippen MR) is 82.8 cm³/mol. The van der Waals surface area contributed by atoms with E-state index in [0.717, 1.165) is 10.9 Å². The molecule has 0 unspecified atom stereocenters. The maximum Gasteiger partial charge on any atom is 0.338 e. The highest BCUT2D eigenvalue weighted by molar-refractivity contribution is 9.10. The number of thiophene rings is 1. The Balaban J connectivity index is 2.33. The molecule has 1 aromatic heterocycles. The van der Waals surface area contributed by atoms with Crippen molar-refractivity contribution in [2.24, 2.45) is 0 Å². The Bertz CT molecular complexity index is 742. The minimum atomic E-state index is -1.10. The van der Waals surface area contributed by atoms with Crippen molar-refractivity contribution in [3.8, 4) is 0 Å². The molecular weight excluding hydrogens is 361 g/mol. The third-order valence-electron chi connectivity index (χ3n) is 3.01. The number of aryl methyl sites for hydroxylation is 1. The van der Waals surface area contributed by atoms with Gasteiger partial charge in [0.1, 0.15) is 10.8 Å². The normalized spacial score (nSPS) is 10.5. The Kier molecular flexibility index (Phi) is 4.43. The van der Waals surface area contributed by atoms with Crippen LogP contribution < -0.4 is 5.32 Å². The van der Waals surface area contributed by atoms with Crippen LogP contribution in [0, 0.1) is 19.7 Å². The average molecular weight is 372 g/mol. The Morgan fingerprint density at radius 2 is 2.00 bits per heavy atom. The molecule has 0 fully saturated rings. The molecule has 2 aromatic rings. The van der Waals surface area contributed by atoms with Gasteiger partial charge in [-0.25, -0.2) is 9.18 Å². The van der Waals surface area contributed by atoms with Crippen LogP contribution in [0.15, 0.2) is 22.7 Å². The second-order valence-electron chi connectivity index (χ2n) is 4.38. The van der Waals surface area contributed by atoms with Crippen LogP contribution in [0.3, 0.4) is 0 Å². The number of carboxylic acids is 1. The zero-order valence-electron chi connectivity index (χ0n) is 11.2. The zero-order valence-corrected chi connectivity index (χ0v) is 13.6. The summed E-state index contributed by atoms with van der Waals surface area (Å²) >= 11 is 4.19. The topological polar surface area (TPSA) is 66.4 Å². The van der Waals surface area contributed by atoms with Gasteiger partial charge in [-0.05, 0) is 53.5 Å². The number of anilines is 1. The van der Waals surface area contributed by atoms with E-state index in [2.05, 4.69) is 21.2 Å². The van der Waals surface area contributed by atoms with Crippen molar-refractivity contribution in [3.63, 3.8) is 0 Å². The summed E-state index contributed by atoms with van der Waals surface area (Å²) in [6.07, 6.45) is 0. The van der Waals surface area contributed by atoms with Gasteiger partial charge in [-0.15, -0.1) is 11.3 Å². The van der Waals surface area contributed by atoms with Crippen LogP contribution in [0.1, 0.15) is 31.2 Å². The Hall–Kier alpha value is -1.73. The summed E-state index contributed by atoms with van der Waals surface area (Å²) in [5.41, 5.74) is 0.809. The Morgan fingerprint density at radius 3 is 2.57 bits per heavy atom. The zero-order chi connectivity index (χ0) is 15.7.